The van der Waals surface area contributed by atoms with Crippen molar-refractivity contribution in [3.8, 4) is 0 Å². The van der Waals surface area contributed by atoms with Crippen LogP contribution in [0.4, 0.5) is 5.69 Å². The van der Waals surface area contributed by atoms with E-state index >= 15 is 0 Å². The van der Waals surface area contributed by atoms with Crippen molar-refractivity contribution < 1.29 is 4.79 Å². The average molecular weight is 461 g/mol. The van der Waals surface area contributed by atoms with Gasteiger partial charge in [-0.15, -0.1) is 35.3 Å². The van der Waals surface area contributed by atoms with Crippen LogP contribution in [0.5, 0.6) is 0 Å². The number of carbonyl (C=O) groups excluding carboxylic acids is 1. The van der Waals surface area contributed by atoms with Crippen molar-refractivity contribution in [1.82, 2.24) is 25.0 Å². The predicted octanol–water partition coefficient (Wildman–Crippen LogP) is 0.919. The van der Waals surface area contributed by atoms with Crippen molar-refractivity contribution in [2.75, 3.05) is 31.6 Å². The Morgan fingerprint density at radius 3 is 2.88 bits per heavy atom. The standard InChI is InChI=1S/C14H19N7OS.HI/c1-15-14(17-8-12-16-3-6-23-12)20-4-5-21(13(22)10-20)11-7-18-19(2)9-11;/h3,6-7,9H,4-5,8,10H2,1-2H3,(H,15,17);1H. The molecule has 0 aliphatic carbocycles. The fourth-order valence-electron chi connectivity index (χ4n) is 2.50. The van der Waals surface area contributed by atoms with Gasteiger partial charge in [0.1, 0.15) is 11.6 Å². The maximum absolute atomic E-state index is 12.4. The quantitative estimate of drug-likeness (QED) is 0.418. The molecule has 1 N–H and O–H groups in total. The highest BCUT2D eigenvalue weighted by molar-refractivity contribution is 14.0. The lowest BCUT2D eigenvalue weighted by Crippen LogP contribution is -2.55. The van der Waals surface area contributed by atoms with Crippen molar-refractivity contribution in [2.45, 2.75) is 6.54 Å². The number of aromatic nitrogens is 3. The molecule has 0 unspecified atom stereocenters. The summed E-state index contributed by atoms with van der Waals surface area (Å²) in [4.78, 5) is 24.6. The second-order valence-corrected chi connectivity index (χ2v) is 6.14. The Labute approximate surface area is 161 Å². The third-order valence-electron chi connectivity index (χ3n) is 3.62. The summed E-state index contributed by atoms with van der Waals surface area (Å²) in [6.45, 7) is 2.24. The van der Waals surface area contributed by atoms with Gasteiger partial charge in [0.15, 0.2) is 5.96 Å². The number of carbonyl (C=O) groups is 1. The van der Waals surface area contributed by atoms with Crippen molar-refractivity contribution in [1.29, 1.82) is 0 Å². The second kappa shape index (κ2) is 8.42. The number of hydrogen-bond donors (Lipinski definition) is 1. The lowest BCUT2D eigenvalue weighted by Gasteiger charge is -2.35. The molecule has 1 amide bonds. The number of hydrogen-bond acceptors (Lipinski definition) is 5. The minimum absolute atomic E-state index is 0. The van der Waals surface area contributed by atoms with Crippen molar-refractivity contribution in [2.24, 2.45) is 12.0 Å². The number of thiazole rings is 1. The van der Waals surface area contributed by atoms with Crippen molar-refractivity contribution in [3.63, 3.8) is 0 Å². The molecule has 10 heteroatoms. The number of amides is 1. The third kappa shape index (κ3) is 4.23. The summed E-state index contributed by atoms with van der Waals surface area (Å²) in [7, 11) is 3.57. The molecule has 0 spiro atoms. The van der Waals surface area contributed by atoms with E-state index < -0.39 is 0 Å². The number of nitrogens with zero attached hydrogens (tertiary/aromatic N) is 6. The molecule has 1 fully saturated rings. The lowest BCUT2D eigenvalue weighted by molar-refractivity contribution is -0.120. The maximum atomic E-state index is 12.4. The van der Waals surface area contributed by atoms with Gasteiger partial charge in [0.2, 0.25) is 5.91 Å². The Hall–Kier alpha value is -1.69. The molecule has 0 aromatic carbocycles. The fourth-order valence-corrected chi connectivity index (χ4v) is 3.06. The van der Waals surface area contributed by atoms with Crippen LogP contribution in [0, 0.1) is 0 Å². The van der Waals surface area contributed by atoms with Gasteiger partial charge in [-0.05, 0) is 0 Å². The summed E-state index contributed by atoms with van der Waals surface area (Å²) >= 11 is 1.59. The van der Waals surface area contributed by atoms with Gasteiger partial charge in [-0.1, -0.05) is 0 Å². The molecule has 1 aliphatic rings. The maximum Gasteiger partial charge on any atom is 0.246 e. The predicted molar refractivity (Wildman–Crippen MR) is 105 cm³/mol. The van der Waals surface area contributed by atoms with E-state index in [0.717, 1.165) is 23.2 Å². The zero-order valence-electron chi connectivity index (χ0n) is 13.5. The summed E-state index contributed by atoms with van der Waals surface area (Å²) in [6.07, 6.45) is 5.34. The minimum Gasteiger partial charge on any atom is -0.350 e. The van der Waals surface area contributed by atoms with E-state index in [4.69, 9.17) is 0 Å². The fraction of sp³-hybridized carbons (Fsp3) is 0.429. The summed E-state index contributed by atoms with van der Waals surface area (Å²) < 4.78 is 1.70. The van der Waals surface area contributed by atoms with Crippen LogP contribution >= 0.6 is 35.3 Å². The number of piperazine rings is 1. The largest absolute Gasteiger partial charge is 0.350 e. The molecule has 1 saturated heterocycles. The highest BCUT2D eigenvalue weighted by Gasteiger charge is 2.27. The molecule has 3 heterocycles. The molecule has 0 bridgehead atoms. The van der Waals surface area contributed by atoms with Crippen LogP contribution in [0.2, 0.25) is 0 Å². The molecule has 0 radical (unpaired) electrons. The number of aryl methyl sites for hydroxylation is 1. The lowest BCUT2D eigenvalue weighted by atomic mass is 10.3. The number of guanidine groups is 1. The van der Waals surface area contributed by atoms with Gasteiger partial charge in [0.25, 0.3) is 0 Å². The molecule has 0 saturated carbocycles. The molecule has 8 nitrogen and oxygen atoms in total. The molecule has 2 aromatic rings. The van der Waals surface area contributed by atoms with E-state index in [1.54, 1.807) is 40.4 Å². The smallest absolute Gasteiger partial charge is 0.246 e. The summed E-state index contributed by atoms with van der Waals surface area (Å²) in [6, 6.07) is 0. The van der Waals surface area contributed by atoms with Gasteiger partial charge >= 0.3 is 0 Å². The van der Waals surface area contributed by atoms with Crippen LogP contribution < -0.4 is 10.2 Å². The highest BCUT2D eigenvalue weighted by Crippen LogP contribution is 2.16. The molecule has 0 atom stereocenters. The Morgan fingerprint density at radius 1 is 1.46 bits per heavy atom. The van der Waals surface area contributed by atoms with Crippen molar-refractivity contribution >= 4 is 52.9 Å². The Kier molecular flexibility index (Phi) is 6.54. The minimum atomic E-state index is 0. The normalized spacial score (nSPS) is 15.4. The van der Waals surface area contributed by atoms with Crippen LogP contribution in [0.1, 0.15) is 5.01 Å². The molecule has 3 rings (SSSR count). The third-order valence-corrected chi connectivity index (χ3v) is 4.40. The number of halogens is 1. The molecule has 24 heavy (non-hydrogen) atoms. The first kappa shape index (κ1) is 18.6. The number of anilines is 1. The van der Waals surface area contributed by atoms with Gasteiger partial charge in [0, 0.05) is 45.0 Å². The monoisotopic (exact) mass is 461 g/mol. The van der Waals surface area contributed by atoms with Crippen LogP contribution in [0.25, 0.3) is 0 Å². The van der Waals surface area contributed by atoms with E-state index in [-0.39, 0.29) is 29.9 Å². The SMILES string of the molecule is CN=C(NCc1nccs1)N1CCN(c2cnn(C)c2)C(=O)C1.I. The first-order chi connectivity index (χ1) is 11.2. The molecule has 1 aliphatic heterocycles. The molecule has 2 aromatic heterocycles. The van der Waals surface area contributed by atoms with E-state index in [1.807, 2.05) is 23.5 Å². The second-order valence-electron chi connectivity index (χ2n) is 5.17. The van der Waals surface area contributed by atoms with Gasteiger partial charge in [-0.2, -0.15) is 5.10 Å². The molecule has 130 valence electrons. The van der Waals surface area contributed by atoms with Crippen LogP contribution in [-0.4, -0.2) is 58.2 Å². The van der Waals surface area contributed by atoms with E-state index in [0.29, 0.717) is 19.6 Å². The van der Waals surface area contributed by atoms with Gasteiger partial charge in [0.05, 0.1) is 18.4 Å². The summed E-state index contributed by atoms with van der Waals surface area (Å²) in [5.41, 5.74) is 0.836. The van der Waals surface area contributed by atoms with Crippen LogP contribution in [0.3, 0.4) is 0 Å². The van der Waals surface area contributed by atoms with Gasteiger partial charge in [-0.3, -0.25) is 14.5 Å². The summed E-state index contributed by atoms with van der Waals surface area (Å²) in [5, 5.41) is 10.3. The summed E-state index contributed by atoms with van der Waals surface area (Å²) in [5.74, 6) is 0.765. The number of rotatable bonds is 3. The highest BCUT2D eigenvalue weighted by atomic mass is 127. The Balaban J connectivity index is 0.00000208. The first-order valence-electron chi connectivity index (χ1n) is 7.30. The zero-order valence-corrected chi connectivity index (χ0v) is 16.7. The Morgan fingerprint density at radius 2 is 2.29 bits per heavy atom. The van der Waals surface area contributed by atoms with Crippen LogP contribution in [-0.2, 0) is 18.4 Å². The average Bonchev–Trinajstić information content (AvgIpc) is 3.20. The van der Waals surface area contributed by atoms with Crippen molar-refractivity contribution in [3.05, 3.63) is 29.0 Å². The van der Waals surface area contributed by atoms with Crippen LogP contribution in [0.15, 0.2) is 29.0 Å². The van der Waals surface area contributed by atoms with Gasteiger partial charge in [-0.25, -0.2) is 4.98 Å². The molecular weight excluding hydrogens is 441 g/mol. The Bertz CT molecular complexity index is 700. The van der Waals surface area contributed by atoms with Gasteiger partial charge < -0.3 is 15.1 Å². The van der Waals surface area contributed by atoms with E-state index in [2.05, 4.69) is 20.4 Å². The van der Waals surface area contributed by atoms with E-state index in [9.17, 15) is 4.79 Å². The first-order valence-corrected chi connectivity index (χ1v) is 8.18. The zero-order chi connectivity index (χ0) is 16.2. The topological polar surface area (TPSA) is 78.7 Å². The number of aliphatic imine (C=N–C) groups is 1. The van der Waals surface area contributed by atoms with E-state index in [1.165, 1.54) is 0 Å². The number of nitrogens with one attached hydrogen (secondary N) is 1. The molecular formula is C14H20IN7OS.